The zero-order valence-corrected chi connectivity index (χ0v) is 8.72. The summed E-state index contributed by atoms with van der Waals surface area (Å²) in [5, 5.41) is 3.66. The maximum absolute atomic E-state index is 3.66. The van der Waals surface area contributed by atoms with E-state index in [4.69, 9.17) is 0 Å². The molecule has 3 rings (SSSR count). The summed E-state index contributed by atoms with van der Waals surface area (Å²) in [6, 6.07) is 7.57. The van der Waals surface area contributed by atoms with Crippen LogP contribution in [0.4, 0.5) is 5.69 Å². The summed E-state index contributed by atoms with van der Waals surface area (Å²) in [4.78, 5) is 0. The van der Waals surface area contributed by atoms with E-state index < -0.39 is 0 Å². The number of aryl methyl sites for hydroxylation is 1. The van der Waals surface area contributed by atoms with Crippen molar-refractivity contribution in [2.45, 2.75) is 44.6 Å². The van der Waals surface area contributed by atoms with Crippen molar-refractivity contribution in [2.24, 2.45) is 0 Å². The van der Waals surface area contributed by atoms with Gasteiger partial charge in [0.25, 0.3) is 0 Å². The van der Waals surface area contributed by atoms with Crippen LogP contribution >= 0.6 is 0 Å². The van der Waals surface area contributed by atoms with E-state index >= 15 is 0 Å². The highest BCUT2D eigenvalue weighted by molar-refractivity contribution is 5.60. The number of nitrogens with one attached hydrogen (secondary N) is 1. The molecular formula is C13H17N. The van der Waals surface area contributed by atoms with E-state index in [-0.39, 0.29) is 0 Å². The lowest BCUT2D eigenvalue weighted by Gasteiger charge is -2.25. The molecule has 0 saturated heterocycles. The van der Waals surface area contributed by atoms with Crippen LogP contribution in [-0.2, 0) is 0 Å². The molecule has 1 aromatic rings. The van der Waals surface area contributed by atoms with Gasteiger partial charge < -0.3 is 5.32 Å². The third-order valence-corrected chi connectivity index (χ3v) is 3.71. The second-order valence-electron chi connectivity index (χ2n) is 4.73. The molecule has 1 saturated carbocycles. The third-order valence-electron chi connectivity index (χ3n) is 3.71. The van der Waals surface area contributed by atoms with Gasteiger partial charge in [-0.2, -0.15) is 0 Å². The minimum atomic E-state index is 0.737. The lowest BCUT2D eigenvalue weighted by Crippen LogP contribution is -2.23. The molecule has 74 valence electrons. The molecule has 1 heterocycles. The van der Waals surface area contributed by atoms with Gasteiger partial charge in [-0.3, -0.25) is 0 Å². The maximum Gasteiger partial charge on any atom is 0.0378 e. The standard InChI is InChI=1S/C13H17N/c1-9-6-7-13-11(8-9)10-4-2-3-5-12(10)14-13/h6-8,10,12,14H,2-5H2,1H3. The molecule has 1 fully saturated rings. The molecule has 2 unspecified atom stereocenters. The highest BCUT2D eigenvalue weighted by atomic mass is 15.0. The van der Waals surface area contributed by atoms with Crippen LogP contribution in [0.3, 0.4) is 0 Å². The van der Waals surface area contributed by atoms with Gasteiger partial charge >= 0.3 is 0 Å². The fourth-order valence-electron chi connectivity index (χ4n) is 3.00. The van der Waals surface area contributed by atoms with Gasteiger partial charge in [0, 0.05) is 17.6 Å². The summed E-state index contributed by atoms with van der Waals surface area (Å²) in [6.45, 7) is 2.19. The van der Waals surface area contributed by atoms with Crippen LogP contribution in [-0.4, -0.2) is 6.04 Å². The highest BCUT2D eigenvalue weighted by Crippen LogP contribution is 2.43. The molecule has 2 aliphatic rings. The highest BCUT2D eigenvalue weighted by Gasteiger charge is 2.33. The van der Waals surface area contributed by atoms with Gasteiger partial charge in [-0.25, -0.2) is 0 Å². The predicted octanol–water partition coefficient (Wildman–Crippen LogP) is 3.45. The molecule has 0 bridgehead atoms. The Morgan fingerprint density at radius 2 is 2.07 bits per heavy atom. The summed E-state index contributed by atoms with van der Waals surface area (Å²) in [7, 11) is 0. The lowest BCUT2D eigenvalue weighted by molar-refractivity contribution is 0.422. The molecule has 2 atom stereocenters. The van der Waals surface area contributed by atoms with Crippen LogP contribution in [0.2, 0.25) is 0 Å². The van der Waals surface area contributed by atoms with E-state index in [1.807, 2.05) is 0 Å². The molecule has 1 aliphatic carbocycles. The smallest absolute Gasteiger partial charge is 0.0378 e. The second kappa shape index (κ2) is 3.01. The minimum absolute atomic E-state index is 0.737. The van der Waals surface area contributed by atoms with E-state index in [1.165, 1.54) is 36.9 Å². The first-order valence-electron chi connectivity index (χ1n) is 5.72. The third kappa shape index (κ3) is 1.15. The van der Waals surface area contributed by atoms with Gasteiger partial charge in [-0.15, -0.1) is 0 Å². The molecule has 1 N–H and O–H groups in total. The van der Waals surface area contributed by atoms with E-state index in [9.17, 15) is 0 Å². The van der Waals surface area contributed by atoms with Crippen LogP contribution in [0.15, 0.2) is 18.2 Å². The number of fused-ring (bicyclic) bond motifs is 3. The van der Waals surface area contributed by atoms with Gasteiger partial charge in [0.1, 0.15) is 0 Å². The molecule has 1 aromatic carbocycles. The Morgan fingerprint density at radius 3 is 3.00 bits per heavy atom. The average molecular weight is 187 g/mol. The number of benzene rings is 1. The molecule has 0 spiro atoms. The average Bonchev–Trinajstić information content (AvgIpc) is 2.56. The van der Waals surface area contributed by atoms with Crippen molar-refractivity contribution >= 4 is 5.69 Å². The number of rotatable bonds is 0. The molecule has 1 aliphatic heterocycles. The van der Waals surface area contributed by atoms with Crippen molar-refractivity contribution in [3.05, 3.63) is 29.3 Å². The predicted molar refractivity (Wildman–Crippen MR) is 59.8 cm³/mol. The van der Waals surface area contributed by atoms with E-state index in [0.29, 0.717) is 0 Å². The first-order valence-corrected chi connectivity index (χ1v) is 5.72. The summed E-state index contributed by atoms with van der Waals surface area (Å²) >= 11 is 0. The van der Waals surface area contributed by atoms with Crippen molar-refractivity contribution in [3.63, 3.8) is 0 Å². The number of hydrogen-bond acceptors (Lipinski definition) is 1. The zero-order valence-electron chi connectivity index (χ0n) is 8.72. The van der Waals surface area contributed by atoms with Gasteiger partial charge in [0.05, 0.1) is 0 Å². The SMILES string of the molecule is Cc1ccc2c(c1)C1CCCCC1N2. The van der Waals surface area contributed by atoms with E-state index in [0.717, 1.165) is 12.0 Å². The Balaban J connectivity index is 2.02. The van der Waals surface area contributed by atoms with E-state index in [2.05, 4.69) is 30.4 Å². The molecular weight excluding hydrogens is 170 g/mol. The van der Waals surface area contributed by atoms with Gasteiger partial charge in [-0.05, 0) is 31.4 Å². The normalized spacial score (nSPS) is 29.2. The topological polar surface area (TPSA) is 12.0 Å². The van der Waals surface area contributed by atoms with Crippen LogP contribution in [0.25, 0.3) is 0 Å². The quantitative estimate of drug-likeness (QED) is 0.656. The lowest BCUT2D eigenvalue weighted by atomic mass is 9.82. The van der Waals surface area contributed by atoms with Crippen molar-refractivity contribution in [1.82, 2.24) is 0 Å². The van der Waals surface area contributed by atoms with Crippen molar-refractivity contribution < 1.29 is 0 Å². The maximum atomic E-state index is 3.66. The first-order chi connectivity index (χ1) is 6.84. The molecule has 1 heteroatoms. The number of hydrogen-bond donors (Lipinski definition) is 1. The largest absolute Gasteiger partial charge is 0.381 e. The van der Waals surface area contributed by atoms with Crippen LogP contribution in [0.5, 0.6) is 0 Å². The minimum Gasteiger partial charge on any atom is -0.381 e. The summed E-state index contributed by atoms with van der Waals surface area (Å²) in [6.07, 6.45) is 5.56. The Bertz CT molecular complexity index is 356. The monoisotopic (exact) mass is 187 g/mol. The zero-order chi connectivity index (χ0) is 9.54. The van der Waals surface area contributed by atoms with Crippen LogP contribution in [0.1, 0.15) is 42.7 Å². The Labute approximate surface area is 85.5 Å². The van der Waals surface area contributed by atoms with Crippen LogP contribution < -0.4 is 5.32 Å². The molecule has 0 aromatic heterocycles. The van der Waals surface area contributed by atoms with Crippen molar-refractivity contribution in [1.29, 1.82) is 0 Å². The molecule has 0 amide bonds. The summed E-state index contributed by atoms with van der Waals surface area (Å²) in [5.74, 6) is 0.804. The Morgan fingerprint density at radius 1 is 1.21 bits per heavy atom. The molecule has 0 radical (unpaired) electrons. The number of anilines is 1. The van der Waals surface area contributed by atoms with Gasteiger partial charge in [0.15, 0.2) is 0 Å². The van der Waals surface area contributed by atoms with Gasteiger partial charge in [0.2, 0.25) is 0 Å². The Hall–Kier alpha value is -0.980. The van der Waals surface area contributed by atoms with Crippen molar-refractivity contribution in [2.75, 3.05) is 5.32 Å². The molecule has 14 heavy (non-hydrogen) atoms. The fraction of sp³-hybridized carbons (Fsp3) is 0.538. The summed E-state index contributed by atoms with van der Waals surface area (Å²) in [5.41, 5.74) is 4.37. The van der Waals surface area contributed by atoms with Crippen molar-refractivity contribution in [3.8, 4) is 0 Å². The van der Waals surface area contributed by atoms with Gasteiger partial charge in [-0.1, -0.05) is 30.5 Å². The van der Waals surface area contributed by atoms with Crippen LogP contribution in [0, 0.1) is 6.92 Å². The van der Waals surface area contributed by atoms with E-state index in [1.54, 1.807) is 5.56 Å². The fourth-order valence-corrected chi connectivity index (χ4v) is 3.00. The summed E-state index contributed by atoms with van der Waals surface area (Å²) < 4.78 is 0. The first kappa shape index (κ1) is 8.34. The second-order valence-corrected chi connectivity index (χ2v) is 4.73. The Kier molecular flexibility index (Phi) is 1.79. The molecule has 1 nitrogen and oxygen atoms in total.